The highest BCUT2D eigenvalue weighted by atomic mass is 16.6. The van der Waals surface area contributed by atoms with Crippen LogP contribution in [0.5, 0.6) is 0 Å². The van der Waals surface area contributed by atoms with E-state index in [2.05, 4.69) is 22.4 Å². The average molecular weight is 237 g/mol. The molecule has 0 bridgehead atoms. The van der Waals surface area contributed by atoms with E-state index in [-0.39, 0.29) is 5.82 Å². The summed E-state index contributed by atoms with van der Waals surface area (Å²) in [6.45, 7) is 3.56. The lowest BCUT2D eigenvalue weighted by Crippen LogP contribution is -2.47. The first-order chi connectivity index (χ1) is 8.16. The second-order valence-corrected chi connectivity index (χ2v) is 4.03. The highest BCUT2D eigenvalue weighted by Crippen LogP contribution is 2.20. The smallest absolute Gasteiger partial charge is 0.358 e. The van der Waals surface area contributed by atoms with Gasteiger partial charge >= 0.3 is 5.82 Å². The predicted octanol–water partition coefficient (Wildman–Crippen LogP) is 0.564. The van der Waals surface area contributed by atoms with E-state index in [0.29, 0.717) is 5.69 Å². The van der Waals surface area contributed by atoms with Crippen molar-refractivity contribution in [3.8, 4) is 0 Å². The maximum absolute atomic E-state index is 10.8. The maximum Gasteiger partial charge on any atom is 0.388 e. The van der Waals surface area contributed by atoms with Gasteiger partial charge in [0.15, 0.2) is 0 Å². The number of anilines is 1. The van der Waals surface area contributed by atoms with E-state index >= 15 is 0 Å². The molecular weight excluding hydrogens is 222 g/mol. The molecule has 92 valence electrons. The molecule has 0 aromatic carbocycles. The fourth-order valence-electron chi connectivity index (χ4n) is 1.72. The Kier molecular flexibility index (Phi) is 3.50. The molecule has 0 saturated carbocycles. The third-order valence-electron chi connectivity index (χ3n) is 2.74. The molecule has 0 spiro atoms. The van der Waals surface area contributed by atoms with Crippen molar-refractivity contribution >= 4 is 11.5 Å². The van der Waals surface area contributed by atoms with Crippen molar-refractivity contribution in [1.82, 2.24) is 14.9 Å². The highest BCUT2D eigenvalue weighted by molar-refractivity contribution is 5.55. The maximum atomic E-state index is 10.8. The Bertz CT molecular complexity index is 403. The SMILES string of the molecule is CN1CCN(Nc2cccnc2[N+](=O)[O-])CC1. The van der Waals surface area contributed by atoms with E-state index < -0.39 is 4.92 Å². The number of rotatable bonds is 3. The lowest BCUT2D eigenvalue weighted by molar-refractivity contribution is -0.388. The fraction of sp³-hybridized carbons (Fsp3) is 0.500. The van der Waals surface area contributed by atoms with Crippen molar-refractivity contribution in [2.45, 2.75) is 0 Å². The lowest BCUT2D eigenvalue weighted by atomic mass is 10.3. The zero-order chi connectivity index (χ0) is 12.3. The first-order valence-electron chi connectivity index (χ1n) is 5.46. The molecule has 2 rings (SSSR count). The predicted molar refractivity (Wildman–Crippen MR) is 63.6 cm³/mol. The van der Waals surface area contributed by atoms with Gasteiger partial charge < -0.3 is 20.4 Å². The topological polar surface area (TPSA) is 74.5 Å². The van der Waals surface area contributed by atoms with Gasteiger partial charge in [0.2, 0.25) is 0 Å². The summed E-state index contributed by atoms with van der Waals surface area (Å²) in [5, 5.41) is 12.8. The molecule has 0 unspecified atom stereocenters. The summed E-state index contributed by atoms with van der Waals surface area (Å²) >= 11 is 0. The molecule has 1 aliphatic heterocycles. The molecule has 0 amide bonds. The molecule has 0 radical (unpaired) electrons. The number of nitrogens with zero attached hydrogens (tertiary/aromatic N) is 4. The Morgan fingerprint density at radius 2 is 2.12 bits per heavy atom. The number of hydrogen-bond acceptors (Lipinski definition) is 6. The molecule has 1 aromatic heterocycles. The molecule has 0 atom stereocenters. The molecule has 1 aromatic rings. The molecule has 2 heterocycles. The Morgan fingerprint density at radius 1 is 1.41 bits per heavy atom. The third kappa shape index (κ3) is 2.89. The van der Waals surface area contributed by atoms with E-state index in [9.17, 15) is 10.1 Å². The van der Waals surface area contributed by atoms with Gasteiger partial charge in [-0.3, -0.25) is 0 Å². The van der Waals surface area contributed by atoms with E-state index in [1.165, 1.54) is 6.20 Å². The summed E-state index contributed by atoms with van der Waals surface area (Å²) in [6.07, 6.45) is 1.42. The van der Waals surface area contributed by atoms with Gasteiger partial charge in [-0.15, -0.1) is 0 Å². The van der Waals surface area contributed by atoms with Crippen LogP contribution >= 0.6 is 0 Å². The number of hydrogen-bond donors (Lipinski definition) is 1. The number of piperazine rings is 1. The molecule has 0 aliphatic carbocycles. The van der Waals surface area contributed by atoms with Gasteiger partial charge in [0.05, 0.1) is 0 Å². The van der Waals surface area contributed by atoms with Crippen LogP contribution in [0.15, 0.2) is 18.3 Å². The van der Waals surface area contributed by atoms with Gasteiger partial charge in [-0.25, -0.2) is 5.01 Å². The van der Waals surface area contributed by atoms with E-state index in [4.69, 9.17) is 0 Å². The molecule has 7 heteroatoms. The summed E-state index contributed by atoms with van der Waals surface area (Å²) in [7, 11) is 2.06. The summed E-state index contributed by atoms with van der Waals surface area (Å²) in [5.41, 5.74) is 3.50. The van der Waals surface area contributed by atoms with Gasteiger partial charge in [0.1, 0.15) is 11.9 Å². The van der Waals surface area contributed by atoms with Crippen LogP contribution in [0.3, 0.4) is 0 Å². The van der Waals surface area contributed by atoms with Crippen LogP contribution in [0.2, 0.25) is 0 Å². The quantitative estimate of drug-likeness (QED) is 0.611. The van der Waals surface area contributed by atoms with Crippen molar-refractivity contribution in [3.05, 3.63) is 28.4 Å². The Hall–Kier alpha value is -1.73. The number of nitrogens with one attached hydrogen (secondary N) is 1. The summed E-state index contributed by atoms with van der Waals surface area (Å²) in [6, 6.07) is 3.36. The van der Waals surface area contributed by atoms with Crippen LogP contribution in [0.25, 0.3) is 0 Å². The van der Waals surface area contributed by atoms with Gasteiger partial charge in [-0.05, 0) is 29.1 Å². The number of hydrazine groups is 1. The standard InChI is InChI=1S/C10H15N5O2/c1-13-5-7-14(8-6-13)12-9-3-2-4-11-10(9)15(16)17/h2-4,12H,5-8H2,1H3. The van der Waals surface area contributed by atoms with E-state index in [0.717, 1.165) is 26.2 Å². The van der Waals surface area contributed by atoms with Crippen LogP contribution < -0.4 is 5.43 Å². The second kappa shape index (κ2) is 5.07. The summed E-state index contributed by atoms with van der Waals surface area (Å²) in [5.74, 6) is -0.133. The minimum Gasteiger partial charge on any atom is -0.358 e. The summed E-state index contributed by atoms with van der Waals surface area (Å²) in [4.78, 5) is 16.3. The molecule has 17 heavy (non-hydrogen) atoms. The molecular formula is C10H15N5O2. The largest absolute Gasteiger partial charge is 0.388 e. The van der Waals surface area contributed by atoms with Gasteiger partial charge in [0.25, 0.3) is 0 Å². The zero-order valence-electron chi connectivity index (χ0n) is 9.67. The summed E-state index contributed by atoms with van der Waals surface area (Å²) < 4.78 is 0. The minimum atomic E-state index is -0.474. The first kappa shape index (κ1) is 11.7. The first-order valence-corrected chi connectivity index (χ1v) is 5.46. The Balaban J connectivity index is 2.05. The van der Waals surface area contributed by atoms with Crippen LogP contribution in [-0.4, -0.2) is 53.0 Å². The number of nitro groups is 1. The van der Waals surface area contributed by atoms with Crippen molar-refractivity contribution < 1.29 is 4.92 Å². The molecule has 1 N–H and O–H groups in total. The number of aromatic nitrogens is 1. The van der Waals surface area contributed by atoms with Crippen molar-refractivity contribution in [3.63, 3.8) is 0 Å². The second-order valence-electron chi connectivity index (χ2n) is 4.03. The minimum absolute atomic E-state index is 0.133. The fourth-order valence-corrected chi connectivity index (χ4v) is 1.72. The van der Waals surface area contributed by atoms with E-state index in [1.54, 1.807) is 12.1 Å². The van der Waals surface area contributed by atoms with Gasteiger partial charge in [-0.2, -0.15) is 0 Å². The molecule has 1 aliphatic rings. The Morgan fingerprint density at radius 3 is 2.76 bits per heavy atom. The normalized spacial score (nSPS) is 17.9. The van der Waals surface area contributed by atoms with E-state index in [1.807, 2.05) is 5.01 Å². The molecule has 1 saturated heterocycles. The van der Waals surface area contributed by atoms with Crippen molar-refractivity contribution in [2.75, 3.05) is 38.7 Å². The van der Waals surface area contributed by atoms with Gasteiger partial charge in [0, 0.05) is 26.2 Å². The average Bonchev–Trinajstić information content (AvgIpc) is 2.32. The molecule has 1 fully saturated rings. The zero-order valence-corrected chi connectivity index (χ0v) is 9.67. The third-order valence-corrected chi connectivity index (χ3v) is 2.74. The monoisotopic (exact) mass is 237 g/mol. The Labute approximate surface area is 99.2 Å². The van der Waals surface area contributed by atoms with Crippen LogP contribution in [0.4, 0.5) is 11.5 Å². The lowest BCUT2D eigenvalue weighted by Gasteiger charge is -2.32. The van der Waals surface area contributed by atoms with Crippen molar-refractivity contribution in [2.24, 2.45) is 0 Å². The number of likely N-dealkylation sites (N-methyl/N-ethyl adjacent to an activating group) is 1. The van der Waals surface area contributed by atoms with Crippen molar-refractivity contribution in [1.29, 1.82) is 0 Å². The van der Waals surface area contributed by atoms with Gasteiger partial charge in [-0.1, -0.05) is 0 Å². The molecule has 7 nitrogen and oxygen atoms in total. The van der Waals surface area contributed by atoms with Crippen LogP contribution in [0.1, 0.15) is 0 Å². The van der Waals surface area contributed by atoms with Crippen LogP contribution in [0, 0.1) is 10.1 Å². The number of pyridine rings is 1. The highest BCUT2D eigenvalue weighted by Gasteiger charge is 2.19. The van der Waals surface area contributed by atoms with Crippen LogP contribution in [-0.2, 0) is 0 Å².